The number of hydrogen-bond donors (Lipinski definition) is 2. The summed E-state index contributed by atoms with van der Waals surface area (Å²) in [6, 6.07) is 0. The molecule has 3 nitrogen and oxygen atoms in total. The molecule has 0 aromatic rings. The average Bonchev–Trinajstić information content (AvgIpc) is 2.33. The van der Waals surface area contributed by atoms with Crippen LogP contribution in [0.5, 0.6) is 0 Å². The van der Waals surface area contributed by atoms with Gasteiger partial charge < -0.3 is 10.1 Å². The van der Waals surface area contributed by atoms with E-state index in [0.717, 1.165) is 19.4 Å². The van der Waals surface area contributed by atoms with E-state index < -0.39 is 8.32 Å². The van der Waals surface area contributed by atoms with Gasteiger partial charge in [-0.15, -0.1) is 0 Å². The molecule has 0 radical (unpaired) electrons. The Balaban J connectivity index is 2.63. The van der Waals surface area contributed by atoms with E-state index in [0.29, 0.717) is 0 Å². The lowest BCUT2D eigenvalue weighted by molar-refractivity contribution is -0.122. The van der Waals surface area contributed by atoms with Crippen molar-refractivity contribution in [1.29, 1.82) is 0 Å². The summed E-state index contributed by atoms with van der Waals surface area (Å²) < 4.78 is 0. The molecule has 14 heavy (non-hydrogen) atoms. The SMILES string of the molecule is CC(C)(C[C@@H]1CCNC1=O)[Si](C)(C)O. The first-order valence-corrected chi connectivity index (χ1v) is 8.19. The number of nitrogens with one attached hydrogen (secondary N) is 1. The third kappa shape index (κ3) is 2.36. The van der Waals surface area contributed by atoms with Gasteiger partial charge in [-0.25, -0.2) is 0 Å². The van der Waals surface area contributed by atoms with Crippen molar-refractivity contribution in [2.45, 2.75) is 44.8 Å². The zero-order chi connectivity index (χ0) is 11.0. The maximum Gasteiger partial charge on any atom is 0.223 e. The molecule has 1 heterocycles. The summed E-state index contributed by atoms with van der Waals surface area (Å²) in [4.78, 5) is 21.5. The Hall–Kier alpha value is -0.353. The lowest BCUT2D eigenvalue weighted by Crippen LogP contribution is -2.40. The topological polar surface area (TPSA) is 49.3 Å². The molecule has 1 atom stereocenters. The molecule has 1 rings (SSSR count). The average molecular weight is 215 g/mol. The molecule has 4 heteroatoms. The summed E-state index contributed by atoms with van der Waals surface area (Å²) in [5.41, 5.74) is 0. The van der Waals surface area contributed by atoms with Crippen LogP contribution in [0.25, 0.3) is 0 Å². The molecule has 1 aliphatic heterocycles. The highest BCUT2D eigenvalue weighted by Crippen LogP contribution is 2.42. The first-order valence-electron chi connectivity index (χ1n) is 5.24. The van der Waals surface area contributed by atoms with Crippen LogP contribution in [-0.4, -0.2) is 25.6 Å². The van der Waals surface area contributed by atoms with Gasteiger partial charge in [-0.1, -0.05) is 13.8 Å². The Morgan fingerprint density at radius 1 is 1.57 bits per heavy atom. The summed E-state index contributed by atoms with van der Waals surface area (Å²) in [6.45, 7) is 8.84. The van der Waals surface area contributed by atoms with Crippen molar-refractivity contribution in [2.75, 3.05) is 6.54 Å². The molecular weight excluding hydrogens is 194 g/mol. The molecule has 0 spiro atoms. The van der Waals surface area contributed by atoms with E-state index in [4.69, 9.17) is 0 Å². The number of hydrogen-bond acceptors (Lipinski definition) is 2. The highest BCUT2D eigenvalue weighted by molar-refractivity contribution is 6.72. The molecular formula is C10H21NO2Si. The van der Waals surface area contributed by atoms with Crippen LogP contribution in [0.1, 0.15) is 26.7 Å². The molecule has 0 saturated carbocycles. The second-order valence-electron chi connectivity index (χ2n) is 5.42. The van der Waals surface area contributed by atoms with Crippen LogP contribution in [0.4, 0.5) is 0 Å². The third-order valence-electron chi connectivity index (χ3n) is 3.58. The van der Waals surface area contributed by atoms with Crippen molar-refractivity contribution >= 4 is 14.2 Å². The monoisotopic (exact) mass is 215 g/mol. The fourth-order valence-corrected chi connectivity index (χ4v) is 2.45. The van der Waals surface area contributed by atoms with Gasteiger partial charge in [-0.3, -0.25) is 4.79 Å². The standard InChI is InChI=1S/C10H21NO2Si/c1-10(2,14(3,4)13)7-8-5-6-11-9(8)12/h8,13H,5-7H2,1-4H3,(H,11,12)/t8-/m0/s1. The van der Waals surface area contributed by atoms with Gasteiger partial charge in [0.2, 0.25) is 5.91 Å². The van der Waals surface area contributed by atoms with Crippen molar-refractivity contribution < 1.29 is 9.59 Å². The Labute approximate surface area is 87.0 Å². The molecule has 0 bridgehead atoms. The maximum absolute atomic E-state index is 11.4. The van der Waals surface area contributed by atoms with Crippen molar-refractivity contribution in [3.63, 3.8) is 0 Å². The van der Waals surface area contributed by atoms with Gasteiger partial charge in [0.1, 0.15) is 0 Å². The second-order valence-corrected chi connectivity index (χ2v) is 9.90. The fourth-order valence-electron chi connectivity index (χ4n) is 1.71. The van der Waals surface area contributed by atoms with Gasteiger partial charge in [0, 0.05) is 12.5 Å². The Kier molecular flexibility index (Phi) is 3.06. The molecule has 0 aromatic heterocycles. The maximum atomic E-state index is 11.4. The summed E-state index contributed by atoms with van der Waals surface area (Å²) in [5, 5.41) is 2.75. The Morgan fingerprint density at radius 3 is 2.50 bits per heavy atom. The van der Waals surface area contributed by atoms with E-state index in [1.165, 1.54) is 0 Å². The Morgan fingerprint density at radius 2 is 2.14 bits per heavy atom. The number of rotatable bonds is 3. The predicted octanol–water partition coefficient (Wildman–Crippen LogP) is 1.49. The molecule has 82 valence electrons. The van der Waals surface area contributed by atoms with Crippen LogP contribution >= 0.6 is 0 Å². The van der Waals surface area contributed by atoms with Gasteiger partial charge in [0.25, 0.3) is 0 Å². The van der Waals surface area contributed by atoms with Crippen LogP contribution < -0.4 is 5.32 Å². The van der Waals surface area contributed by atoms with Crippen LogP contribution in [0, 0.1) is 5.92 Å². The van der Waals surface area contributed by atoms with E-state index in [2.05, 4.69) is 19.2 Å². The molecule has 0 unspecified atom stereocenters. The van der Waals surface area contributed by atoms with Gasteiger partial charge in [0.05, 0.1) is 0 Å². The minimum atomic E-state index is -2.16. The van der Waals surface area contributed by atoms with Crippen LogP contribution in [0.2, 0.25) is 18.1 Å². The molecule has 1 aliphatic rings. The van der Waals surface area contributed by atoms with Crippen molar-refractivity contribution in [2.24, 2.45) is 5.92 Å². The molecule has 0 aliphatic carbocycles. The molecule has 1 fully saturated rings. The third-order valence-corrected chi connectivity index (χ3v) is 7.09. The number of amides is 1. The van der Waals surface area contributed by atoms with Gasteiger partial charge >= 0.3 is 0 Å². The molecule has 0 aromatic carbocycles. The highest BCUT2D eigenvalue weighted by atomic mass is 28.4. The van der Waals surface area contributed by atoms with Gasteiger partial charge in [0.15, 0.2) is 8.32 Å². The first kappa shape index (κ1) is 11.7. The van der Waals surface area contributed by atoms with E-state index in [1.807, 2.05) is 13.1 Å². The second kappa shape index (κ2) is 3.66. The molecule has 2 N–H and O–H groups in total. The van der Waals surface area contributed by atoms with E-state index in [-0.39, 0.29) is 16.9 Å². The van der Waals surface area contributed by atoms with Crippen molar-refractivity contribution in [3.05, 3.63) is 0 Å². The lowest BCUT2D eigenvalue weighted by atomic mass is 9.95. The molecule has 1 saturated heterocycles. The normalized spacial score (nSPS) is 23.8. The smallest absolute Gasteiger partial charge is 0.223 e. The summed E-state index contributed by atoms with van der Waals surface area (Å²) in [5.74, 6) is 0.278. The van der Waals surface area contributed by atoms with Crippen LogP contribution in [0.3, 0.4) is 0 Å². The number of carbonyl (C=O) groups is 1. The summed E-state index contributed by atoms with van der Waals surface area (Å²) in [6.07, 6.45) is 1.74. The predicted molar refractivity (Wildman–Crippen MR) is 59.5 cm³/mol. The number of carbonyl (C=O) groups excluding carboxylic acids is 1. The summed E-state index contributed by atoms with van der Waals surface area (Å²) >= 11 is 0. The minimum Gasteiger partial charge on any atom is -0.432 e. The van der Waals surface area contributed by atoms with Gasteiger partial charge in [-0.05, 0) is 31.0 Å². The van der Waals surface area contributed by atoms with Crippen molar-refractivity contribution in [1.82, 2.24) is 5.32 Å². The zero-order valence-corrected chi connectivity index (χ0v) is 10.6. The fraction of sp³-hybridized carbons (Fsp3) is 0.900. The lowest BCUT2D eigenvalue weighted by Gasteiger charge is -2.36. The summed E-state index contributed by atoms with van der Waals surface area (Å²) in [7, 11) is -2.16. The first-order chi connectivity index (χ1) is 6.24. The van der Waals surface area contributed by atoms with E-state index >= 15 is 0 Å². The quantitative estimate of drug-likeness (QED) is 0.701. The molecule has 1 amide bonds. The zero-order valence-electron chi connectivity index (χ0n) is 9.55. The van der Waals surface area contributed by atoms with Gasteiger partial charge in [-0.2, -0.15) is 0 Å². The largest absolute Gasteiger partial charge is 0.432 e. The van der Waals surface area contributed by atoms with Crippen LogP contribution in [0.15, 0.2) is 0 Å². The van der Waals surface area contributed by atoms with Crippen LogP contribution in [-0.2, 0) is 4.79 Å². The Bertz CT molecular complexity index is 233. The van der Waals surface area contributed by atoms with E-state index in [1.54, 1.807) is 0 Å². The van der Waals surface area contributed by atoms with E-state index in [9.17, 15) is 9.59 Å². The highest BCUT2D eigenvalue weighted by Gasteiger charge is 2.41. The van der Waals surface area contributed by atoms with Crippen molar-refractivity contribution in [3.8, 4) is 0 Å². The minimum absolute atomic E-state index is 0.0840.